The Hall–Kier alpha value is -2.76. The highest BCUT2D eigenvalue weighted by Gasteiger charge is 2.28. The van der Waals surface area contributed by atoms with Crippen LogP contribution >= 0.6 is 0 Å². The third kappa shape index (κ3) is 4.25. The number of hydrogen-bond donors (Lipinski definition) is 1. The quantitative estimate of drug-likeness (QED) is 0.911. The Balaban J connectivity index is 1.53. The van der Waals surface area contributed by atoms with Crippen LogP contribution in [0.15, 0.2) is 48.5 Å². The minimum atomic E-state index is -0.797. The summed E-state index contributed by atoms with van der Waals surface area (Å²) in [4.78, 5) is 26.4. The van der Waals surface area contributed by atoms with Gasteiger partial charge in [0.15, 0.2) is 0 Å². The van der Waals surface area contributed by atoms with E-state index < -0.39 is 23.2 Å². The summed E-state index contributed by atoms with van der Waals surface area (Å²) in [5.41, 5.74) is 0.535. The van der Waals surface area contributed by atoms with Gasteiger partial charge in [0.2, 0.25) is 11.8 Å². The lowest BCUT2D eigenvalue weighted by molar-refractivity contribution is -0.133. The summed E-state index contributed by atoms with van der Waals surface area (Å²) in [5.74, 6) is -2.35. The van der Waals surface area contributed by atoms with E-state index in [0.717, 1.165) is 17.7 Å². The number of anilines is 1. The topological polar surface area (TPSA) is 49.4 Å². The molecule has 1 aliphatic rings. The minimum Gasteiger partial charge on any atom is -0.342 e. The fraction of sp³-hybridized carbons (Fsp3) is 0.300. The van der Waals surface area contributed by atoms with Crippen LogP contribution < -0.4 is 5.32 Å². The molecule has 0 atom stereocenters. The third-order valence-corrected chi connectivity index (χ3v) is 4.63. The minimum absolute atomic E-state index is 0.0233. The van der Waals surface area contributed by atoms with Crippen LogP contribution in [0, 0.1) is 17.6 Å². The fourth-order valence-electron chi connectivity index (χ4n) is 3.12. The van der Waals surface area contributed by atoms with Gasteiger partial charge in [0.25, 0.3) is 0 Å². The molecule has 3 rings (SSSR count). The number of carbonyl (C=O) groups excluding carboxylic acids is 2. The van der Waals surface area contributed by atoms with Crippen LogP contribution in [0.2, 0.25) is 0 Å². The van der Waals surface area contributed by atoms with E-state index >= 15 is 0 Å². The molecule has 26 heavy (non-hydrogen) atoms. The standard InChI is InChI=1S/C20H20F2N2O2/c21-16-7-4-8-17(22)19(16)23-20(26)15-9-11-24(12-10-15)18(25)13-14-5-2-1-3-6-14/h1-8,15H,9-13H2,(H,23,26). The van der Waals surface area contributed by atoms with Crippen molar-refractivity contribution in [3.05, 3.63) is 65.7 Å². The number of nitrogens with zero attached hydrogens (tertiary/aromatic N) is 1. The van der Waals surface area contributed by atoms with Crippen LogP contribution in [0.1, 0.15) is 18.4 Å². The molecule has 1 fully saturated rings. The summed E-state index contributed by atoms with van der Waals surface area (Å²) in [5, 5.41) is 2.34. The molecule has 0 unspecified atom stereocenters. The van der Waals surface area contributed by atoms with Crippen molar-refractivity contribution in [2.45, 2.75) is 19.3 Å². The maximum Gasteiger partial charge on any atom is 0.227 e. The first-order valence-electron chi connectivity index (χ1n) is 8.61. The zero-order valence-corrected chi connectivity index (χ0v) is 14.3. The molecule has 2 aromatic rings. The zero-order valence-electron chi connectivity index (χ0n) is 14.3. The van der Waals surface area contributed by atoms with E-state index in [1.54, 1.807) is 4.90 Å². The monoisotopic (exact) mass is 358 g/mol. The Morgan fingerprint density at radius 1 is 0.962 bits per heavy atom. The Morgan fingerprint density at radius 2 is 1.58 bits per heavy atom. The summed E-state index contributed by atoms with van der Waals surface area (Å²) in [7, 11) is 0. The second-order valence-electron chi connectivity index (χ2n) is 6.40. The first-order chi connectivity index (χ1) is 12.5. The maximum atomic E-state index is 13.6. The SMILES string of the molecule is O=C(Nc1c(F)cccc1F)C1CCN(C(=O)Cc2ccccc2)CC1. The summed E-state index contributed by atoms with van der Waals surface area (Å²) >= 11 is 0. The van der Waals surface area contributed by atoms with Gasteiger partial charge in [-0.15, -0.1) is 0 Å². The van der Waals surface area contributed by atoms with Crippen molar-refractivity contribution in [1.29, 1.82) is 0 Å². The van der Waals surface area contributed by atoms with Gasteiger partial charge in [0.1, 0.15) is 17.3 Å². The molecule has 1 aliphatic heterocycles. The van der Waals surface area contributed by atoms with E-state index in [1.807, 2.05) is 30.3 Å². The molecule has 0 aliphatic carbocycles. The average molecular weight is 358 g/mol. The van der Waals surface area contributed by atoms with Gasteiger partial charge in [-0.1, -0.05) is 36.4 Å². The van der Waals surface area contributed by atoms with Crippen molar-refractivity contribution < 1.29 is 18.4 Å². The fourth-order valence-corrected chi connectivity index (χ4v) is 3.12. The summed E-state index contributed by atoms with van der Waals surface area (Å²) in [6, 6.07) is 12.9. The number of para-hydroxylation sites is 1. The number of piperidine rings is 1. The van der Waals surface area contributed by atoms with Crippen molar-refractivity contribution in [1.82, 2.24) is 4.90 Å². The van der Waals surface area contributed by atoms with Crippen molar-refractivity contribution in [2.75, 3.05) is 18.4 Å². The van der Waals surface area contributed by atoms with Crippen LogP contribution in [-0.2, 0) is 16.0 Å². The van der Waals surface area contributed by atoms with Gasteiger partial charge in [0, 0.05) is 19.0 Å². The lowest BCUT2D eigenvalue weighted by Crippen LogP contribution is -2.42. The molecule has 6 heteroatoms. The van der Waals surface area contributed by atoms with Crippen molar-refractivity contribution in [2.24, 2.45) is 5.92 Å². The second-order valence-corrected chi connectivity index (χ2v) is 6.40. The first kappa shape index (κ1) is 18.0. The highest BCUT2D eigenvalue weighted by atomic mass is 19.1. The largest absolute Gasteiger partial charge is 0.342 e. The Labute approximate surface area is 150 Å². The predicted octanol–water partition coefficient (Wildman–Crippen LogP) is 3.38. The molecule has 1 heterocycles. The third-order valence-electron chi connectivity index (χ3n) is 4.63. The van der Waals surface area contributed by atoms with Gasteiger partial charge < -0.3 is 10.2 Å². The average Bonchev–Trinajstić information content (AvgIpc) is 2.65. The van der Waals surface area contributed by atoms with Crippen LogP contribution in [-0.4, -0.2) is 29.8 Å². The van der Waals surface area contributed by atoms with Gasteiger partial charge in [0.05, 0.1) is 6.42 Å². The molecule has 1 N–H and O–H groups in total. The molecule has 0 radical (unpaired) electrons. The van der Waals surface area contributed by atoms with Gasteiger partial charge in [-0.25, -0.2) is 8.78 Å². The molecule has 136 valence electrons. The molecule has 0 aromatic heterocycles. The predicted molar refractivity (Wildman–Crippen MR) is 94.4 cm³/mol. The van der Waals surface area contributed by atoms with Gasteiger partial charge in [-0.2, -0.15) is 0 Å². The molecule has 4 nitrogen and oxygen atoms in total. The summed E-state index contributed by atoms with van der Waals surface area (Å²) in [6.07, 6.45) is 1.28. The van der Waals surface area contributed by atoms with Crippen molar-refractivity contribution in [3.63, 3.8) is 0 Å². The second kappa shape index (κ2) is 8.08. The number of carbonyl (C=O) groups is 2. The van der Waals surface area contributed by atoms with Gasteiger partial charge in [-0.05, 0) is 30.5 Å². The number of halogens is 2. The normalized spacial score (nSPS) is 14.9. The summed E-state index contributed by atoms with van der Waals surface area (Å²) in [6.45, 7) is 0.924. The highest BCUT2D eigenvalue weighted by Crippen LogP contribution is 2.23. The molecule has 2 aromatic carbocycles. The van der Waals surface area contributed by atoms with Crippen molar-refractivity contribution in [3.8, 4) is 0 Å². The van der Waals surface area contributed by atoms with E-state index in [-0.39, 0.29) is 11.8 Å². The van der Waals surface area contributed by atoms with Crippen LogP contribution in [0.5, 0.6) is 0 Å². The number of likely N-dealkylation sites (tertiary alicyclic amines) is 1. The molecule has 0 saturated carbocycles. The maximum absolute atomic E-state index is 13.6. The number of amides is 2. The molecule has 0 bridgehead atoms. The Bertz CT molecular complexity index is 767. The molecular formula is C20H20F2N2O2. The Morgan fingerprint density at radius 3 is 2.19 bits per heavy atom. The molecule has 2 amide bonds. The number of hydrogen-bond acceptors (Lipinski definition) is 2. The lowest BCUT2D eigenvalue weighted by atomic mass is 9.95. The molecular weight excluding hydrogens is 338 g/mol. The number of rotatable bonds is 4. The summed E-state index contributed by atoms with van der Waals surface area (Å²) < 4.78 is 27.3. The smallest absolute Gasteiger partial charge is 0.227 e. The molecule has 0 spiro atoms. The van der Waals surface area contributed by atoms with Crippen LogP contribution in [0.4, 0.5) is 14.5 Å². The lowest BCUT2D eigenvalue weighted by Gasteiger charge is -2.31. The van der Waals surface area contributed by atoms with E-state index in [4.69, 9.17) is 0 Å². The van der Waals surface area contributed by atoms with Gasteiger partial charge >= 0.3 is 0 Å². The highest BCUT2D eigenvalue weighted by molar-refractivity contribution is 5.93. The first-order valence-corrected chi connectivity index (χ1v) is 8.61. The van der Waals surface area contributed by atoms with Crippen molar-refractivity contribution >= 4 is 17.5 Å². The number of nitrogens with one attached hydrogen (secondary N) is 1. The van der Waals surface area contributed by atoms with Crippen LogP contribution in [0.3, 0.4) is 0 Å². The van der Waals surface area contributed by atoms with E-state index in [1.165, 1.54) is 6.07 Å². The van der Waals surface area contributed by atoms with E-state index in [0.29, 0.717) is 32.4 Å². The van der Waals surface area contributed by atoms with E-state index in [9.17, 15) is 18.4 Å². The Kier molecular flexibility index (Phi) is 5.61. The molecule has 1 saturated heterocycles. The van der Waals surface area contributed by atoms with Gasteiger partial charge in [-0.3, -0.25) is 9.59 Å². The van der Waals surface area contributed by atoms with E-state index in [2.05, 4.69) is 5.32 Å². The number of benzene rings is 2. The van der Waals surface area contributed by atoms with Crippen LogP contribution in [0.25, 0.3) is 0 Å². The zero-order chi connectivity index (χ0) is 18.5.